The van der Waals surface area contributed by atoms with E-state index in [0.717, 1.165) is 25.7 Å². The van der Waals surface area contributed by atoms with E-state index in [1.165, 1.54) is 7.11 Å². The third-order valence-corrected chi connectivity index (χ3v) is 3.69. The van der Waals surface area contributed by atoms with E-state index in [2.05, 4.69) is 20.3 Å². The molecule has 0 amide bonds. The van der Waals surface area contributed by atoms with E-state index in [0.29, 0.717) is 12.5 Å². The van der Waals surface area contributed by atoms with Crippen molar-refractivity contribution in [2.45, 2.75) is 25.7 Å². The molecule has 1 fully saturated rings. The van der Waals surface area contributed by atoms with Crippen LogP contribution in [0.25, 0.3) is 0 Å². The molecule has 8 heteroatoms. The molecule has 0 saturated heterocycles. The van der Waals surface area contributed by atoms with Crippen molar-refractivity contribution in [3.63, 3.8) is 0 Å². The Labute approximate surface area is 121 Å². The van der Waals surface area contributed by atoms with Crippen LogP contribution in [0.15, 0.2) is 0 Å². The highest BCUT2D eigenvalue weighted by atomic mass is 35.5. The van der Waals surface area contributed by atoms with E-state index in [-0.39, 0.29) is 23.1 Å². The van der Waals surface area contributed by atoms with Crippen LogP contribution in [0.4, 0.5) is 5.95 Å². The molecular formula is C12H17ClN4O3. The molecule has 2 N–H and O–H groups in total. The number of methoxy groups -OCH3 is 1. The molecule has 0 aliphatic heterocycles. The summed E-state index contributed by atoms with van der Waals surface area (Å²) in [7, 11) is 1.44. The van der Waals surface area contributed by atoms with Gasteiger partial charge in [-0.05, 0) is 30.4 Å². The van der Waals surface area contributed by atoms with Crippen molar-refractivity contribution >= 4 is 23.5 Å². The van der Waals surface area contributed by atoms with Gasteiger partial charge in [-0.1, -0.05) is 12.8 Å². The monoisotopic (exact) mass is 300 g/mol. The minimum atomic E-state index is -0.734. The van der Waals surface area contributed by atoms with Crippen molar-refractivity contribution in [2.75, 3.05) is 19.0 Å². The normalized spacial score (nSPS) is 22.3. The summed E-state index contributed by atoms with van der Waals surface area (Å²) < 4.78 is 4.91. The summed E-state index contributed by atoms with van der Waals surface area (Å²) in [5, 5.41) is 12.3. The van der Waals surface area contributed by atoms with Crippen molar-refractivity contribution < 1.29 is 14.6 Å². The lowest BCUT2D eigenvalue weighted by Gasteiger charge is -2.28. The molecule has 20 heavy (non-hydrogen) atoms. The highest BCUT2D eigenvalue weighted by molar-refractivity contribution is 6.28. The lowest BCUT2D eigenvalue weighted by atomic mass is 9.79. The van der Waals surface area contributed by atoms with Crippen LogP contribution in [-0.2, 0) is 4.79 Å². The van der Waals surface area contributed by atoms with E-state index in [4.69, 9.17) is 16.3 Å². The van der Waals surface area contributed by atoms with Crippen molar-refractivity contribution in [3.05, 3.63) is 5.28 Å². The molecule has 1 saturated carbocycles. The first-order valence-electron chi connectivity index (χ1n) is 6.52. The van der Waals surface area contributed by atoms with Crippen molar-refractivity contribution in [3.8, 4) is 6.01 Å². The Morgan fingerprint density at radius 1 is 1.40 bits per heavy atom. The molecule has 0 radical (unpaired) electrons. The van der Waals surface area contributed by atoms with Crippen LogP contribution in [0.3, 0.4) is 0 Å². The van der Waals surface area contributed by atoms with E-state index >= 15 is 0 Å². The molecule has 1 aliphatic carbocycles. The van der Waals surface area contributed by atoms with Crippen LogP contribution in [0, 0.1) is 11.8 Å². The van der Waals surface area contributed by atoms with Gasteiger partial charge in [-0.3, -0.25) is 4.79 Å². The van der Waals surface area contributed by atoms with Gasteiger partial charge in [-0.2, -0.15) is 15.0 Å². The van der Waals surface area contributed by atoms with Gasteiger partial charge in [0, 0.05) is 6.54 Å². The lowest BCUT2D eigenvalue weighted by Crippen LogP contribution is -2.32. The summed E-state index contributed by atoms with van der Waals surface area (Å²) in [5.74, 6) is -0.669. The molecule has 7 nitrogen and oxygen atoms in total. The van der Waals surface area contributed by atoms with E-state index < -0.39 is 5.97 Å². The minimum absolute atomic E-state index is 0.0396. The first-order chi connectivity index (χ1) is 9.60. The van der Waals surface area contributed by atoms with Crippen LogP contribution in [0.2, 0.25) is 5.28 Å². The van der Waals surface area contributed by atoms with Gasteiger partial charge in [0.05, 0.1) is 13.0 Å². The number of carboxylic acids is 1. The van der Waals surface area contributed by atoms with Gasteiger partial charge in [0.2, 0.25) is 11.2 Å². The molecule has 110 valence electrons. The second kappa shape index (κ2) is 6.69. The van der Waals surface area contributed by atoms with Crippen LogP contribution in [0.5, 0.6) is 6.01 Å². The number of hydrogen-bond acceptors (Lipinski definition) is 6. The van der Waals surface area contributed by atoms with E-state index in [9.17, 15) is 9.90 Å². The second-order valence-corrected chi connectivity index (χ2v) is 5.12. The first kappa shape index (κ1) is 14.8. The fraction of sp³-hybridized carbons (Fsp3) is 0.667. The summed E-state index contributed by atoms with van der Waals surface area (Å²) in [6.45, 7) is 0.500. The van der Waals surface area contributed by atoms with Gasteiger partial charge >= 0.3 is 12.0 Å². The topological polar surface area (TPSA) is 97.2 Å². The standard InChI is InChI=1S/C12H17ClN4O3/c1-20-12-16-10(13)15-11(17-12)14-6-7-4-2-3-5-8(7)9(18)19/h7-8H,2-6H2,1H3,(H,18,19)(H,14,15,16,17). The molecule has 1 heterocycles. The molecule has 1 aliphatic rings. The summed E-state index contributed by atoms with van der Waals surface area (Å²) in [6, 6.07) is 0.130. The fourth-order valence-corrected chi connectivity index (χ4v) is 2.65. The number of hydrogen-bond donors (Lipinski definition) is 2. The van der Waals surface area contributed by atoms with Gasteiger partial charge in [-0.15, -0.1) is 0 Å². The zero-order valence-electron chi connectivity index (χ0n) is 11.2. The average Bonchev–Trinajstić information content (AvgIpc) is 2.44. The molecule has 0 aromatic carbocycles. The quantitative estimate of drug-likeness (QED) is 0.856. The number of nitrogens with one attached hydrogen (secondary N) is 1. The number of rotatable bonds is 5. The highest BCUT2D eigenvalue weighted by Crippen LogP contribution is 2.30. The van der Waals surface area contributed by atoms with Gasteiger partial charge < -0.3 is 15.2 Å². The number of nitrogens with zero attached hydrogens (tertiary/aromatic N) is 3. The first-order valence-corrected chi connectivity index (χ1v) is 6.90. The van der Waals surface area contributed by atoms with Gasteiger partial charge in [0.15, 0.2) is 0 Å². The predicted molar refractivity (Wildman–Crippen MR) is 73.0 cm³/mol. The lowest BCUT2D eigenvalue weighted by molar-refractivity contribution is -0.144. The maximum absolute atomic E-state index is 11.2. The molecule has 2 rings (SSSR count). The molecule has 1 aromatic rings. The number of aliphatic carboxylic acids is 1. The summed E-state index contributed by atoms with van der Waals surface area (Å²) >= 11 is 5.75. The maximum atomic E-state index is 11.2. The second-order valence-electron chi connectivity index (χ2n) is 4.78. The maximum Gasteiger partial charge on any atom is 0.322 e. The smallest absolute Gasteiger partial charge is 0.322 e. The Kier molecular flexibility index (Phi) is 4.94. The third kappa shape index (κ3) is 3.69. The molecule has 1 aromatic heterocycles. The number of carbonyl (C=O) groups is 1. The predicted octanol–water partition coefficient (Wildman–Crippen LogP) is 1.84. The van der Waals surface area contributed by atoms with Gasteiger partial charge in [0.1, 0.15) is 0 Å². The van der Waals surface area contributed by atoms with Crippen LogP contribution in [-0.4, -0.2) is 39.7 Å². The number of halogens is 1. The largest absolute Gasteiger partial charge is 0.481 e. The minimum Gasteiger partial charge on any atom is -0.481 e. The third-order valence-electron chi connectivity index (χ3n) is 3.52. The van der Waals surface area contributed by atoms with Crippen molar-refractivity contribution in [1.82, 2.24) is 15.0 Å². The zero-order valence-corrected chi connectivity index (χ0v) is 11.9. The Bertz CT molecular complexity index is 486. The summed E-state index contributed by atoms with van der Waals surface area (Å²) in [5.41, 5.74) is 0. The SMILES string of the molecule is COc1nc(Cl)nc(NCC2CCCCC2C(=O)O)n1. The molecule has 0 spiro atoms. The van der Waals surface area contributed by atoms with Crippen LogP contribution >= 0.6 is 11.6 Å². The van der Waals surface area contributed by atoms with Crippen molar-refractivity contribution in [1.29, 1.82) is 0 Å². The van der Waals surface area contributed by atoms with Gasteiger partial charge in [0.25, 0.3) is 0 Å². The number of carboxylic acid groups (broad SMARTS) is 1. The molecule has 2 atom stereocenters. The van der Waals surface area contributed by atoms with Crippen LogP contribution in [0.1, 0.15) is 25.7 Å². The van der Waals surface area contributed by atoms with E-state index in [1.807, 2.05) is 0 Å². The Balaban J connectivity index is 2.00. The van der Waals surface area contributed by atoms with E-state index in [1.54, 1.807) is 0 Å². The number of ether oxygens (including phenoxy) is 1. The van der Waals surface area contributed by atoms with Crippen LogP contribution < -0.4 is 10.1 Å². The average molecular weight is 301 g/mol. The number of aromatic nitrogens is 3. The molecular weight excluding hydrogens is 284 g/mol. The van der Waals surface area contributed by atoms with Crippen molar-refractivity contribution in [2.24, 2.45) is 11.8 Å². The Morgan fingerprint density at radius 3 is 2.85 bits per heavy atom. The molecule has 0 bridgehead atoms. The molecule has 2 unspecified atom stereocenters. The zero-order chi connectivity index (χ0) is 14.5. The highest BCUT2D eigenvalue weighted by Gasteiger charge is 2.30. The van der Waals surface area contributed by atoms with Gasteiger partial charge in [-0.25, -0.2) is 0 Å². The number of anilines is 1. The Hall–Kier alpha value is -1.63. The fourth-order valence-electron chi connectivity index (χ4n) is 2.50. The Morgan fingerprint density at radius 2 is 2.15 bits per heavy atom. The summed E-state index contributed by atoms with van der Waals surface area (Å²) in [4.78, 5) is 23.0. The summed E-state index contributed by atoms with van der Waals surface area (Å²) in [6.07, 6.45) is 3.64.